The van der Waals surface area contributed by atoms with Gasteiger partial charge in [0.05, 0.1) is 11.7 Å². The van der Waals surface area contributed by atoms with Crippen molar-refractivity contribution in [2.45, 2.75) is 110 Å². The van der Waals surface area contributed by atoms with E-state index in [2.05, 4.69) is 39.9 Å². The number of ether oxygens (including phenoxy) is 1. The maximum atomic E-state index is 6.62. The first kappa shape index (κ1) is 19.0. The van der Waals surface area contributed by atoms with Crippen molar-refractivity contribution in [3.05, 3.63) is 0 Å². The van der Waals surface area contributed by atoms with Crippen molar-refractivity contribution in [3.8, 4) is 0 Å². The van der Waals surface area contributed by atoms with E-state index in [1.165, 1.54) is 57.8 Å². The Hall–Kier alpha value is -0.0800. The highest BCUT2D eigenvalue weighted by Gasteiger charge is 2.37. The van der Waals surface area contributed by atoms with Crippen LogP contribution in [0.5, 0.6) is 0 Å². The lowest BCUT2D eigenvalue weighted by Crippen LogP contribution is -2.49. The van der Waals surface area contributed by atoms with E-state index in [0.717, 1.165) is 12.5 Å². The Morgan fingerprint density at radius 3 is 2.57 bits per heavy atom. The van der Waals surface area contributed by atoms with Gasteiger partial charge >= 0.3 is 0 Å². The summed E-state index contributed by atoms with van der Waals surface area (Å²) >= 11 is 0. The first-order chi connectivity index (χ1) is 9.97. The van der Waals surface area contributed by atoms with E-state index in [9.17, 15) is 0 Å². The molecule has 1 rings (SSSR count). The van der Waals surface area contributed by atoms with Gasteiger partial charge in [0.2, 0.25) is 0 Å². The molecule has 0 radical (unpaired) electrons. The first-order valence-corrected chi connectivity index (χ1v) is 9.38. The molecule has 126 valence electrons. The van der Waals surface area contributed by atoms with Crippen LogP contribution < -0.4 is 5.32 Å². The van der Waals surface area contributed by atoms with Crippen molar-refractivity contribution in [2.75, 3.05) is 6.54 Å². The average Bonchev–Trinajstić information content (AvgIpc) is 2.41. The predicted molar refractivity (Wildman–Crippen MR) is 92.8 cm³/mol. The van der Waals surface area contributed by atoms with E-state index in [1.54, 1.807) is 0 Å². The van der Waals surface area contributed by atoms with Crippen molar-refractivity contribution in [1.82, 2.24) is 5.32 Å². The second-order valence-electron chi connectivity index (χ2n) is 7.70. The van der Waals surface area contributed by atoms with Crippen LogP contribution in [-0.2, 0) is 4.74 Å². The highest BCUT2D eigenvalue weighted by Crippen LogP contribution is 2.36. The highest BCUT2D eigenvalue weighted by molar-refractivity contribution is 4.90. The molecule has 3 unspecified atom stereocenters. The second-order valence-corrected chi connectivity index (χ2v) is 7.70. The Kier molecular flexibility index (Phi) is 8.89. The van der Waals surface area contributed by atoms with Crippen LogP contribution in [-0.4, -0.2) is 24.3 Å². The van der Waals surface area contributed by atoms with Crippen LogP contribution in [0.4, 0.5) is 0 Å². The molecule has 0 heterocycles. The zero-order chi connectivity index (χ0) is 15.7. The van der Waals surface area contributed by atoms with Gasteiger partial charge in [-0.1, -0.05) is 66.2 Å². The Morgan fingerprint density at radius 1 is 1.19 bits per heavy atom. The van der Waals surface area contributed by atoms with Crippen molar-refractivity contribution >= 4 is 0 Å². The largest absolute Gasteiger partial charge is 0.371 e. The Labute approximate surface area is 133 Å². The quantitative estimate of drug-likeness (QED) is 0.552. The summed E-state index contributed by atoms with van der Waals surface area (Å²) < 4.78 is 6.62. The Bertz CT molecular complexity index is 266. The maximum absolute atomic E-state index is 6.62. The number of hydrogen-bond donors (Lipinski definition) is 1. The van der Waals surface area contributed by atoms with Gasteiger partial charge in [-0.2, -0.15) is 0 Å². The molecule has 0 aromatic heterocycles. The lowest BCUT2D eigenvalue weighted by atomic mass is 9.78. The van der Waals surface area contributed by atoms with E-state index in [0.29, 0.717) is 12.1 Å². The van der Waals surface area contributed by atoms with Crippen LogP contribution in [0.3, 0.4) is 0 Å². The summed E-state index contributed by atoms with van der Waals surface area (Å²) in [5.41, 5.74) is 0.0894. The molecular formula is C19H39NO. The molecule has 0 aromatic carbocycles. The van der Waals surface area contributed by atoms with Crippen molar-refractivity contribution < 1.29 is 4.74 Å². The monoisotopic (exact) mass is 297 g/mol. The summed E-state index contributed by atoms with van der Waals surface area (Å²) in [5, 5.41) is 3.63. The minimum Gasteiger partial charge on any atom is -0.371 e. The van der Waals surface area contributed by atoms with Crippen LogP contribution in [0.1, 0.15) is 92.4 Å². The van der Waals surface area contributed by atoms with E-state index in [4.69, 9.17) is 4.74 Å². The van der Waals surface area contributed by atoms with Crippen LogP contribution in [0, 0.1) is 5.92 Å². The Morgan fingerprint density at radius 2 is 1.95 bits per heavy atom. The van der Waals surface area contributed by atoms with E-state index < -0.39 is 0 Å². The molecule has 0 aromatic rings. The van der Waals surface area contributed by atoms with Crippen LogP contribution in [0.25, 0.3) is 0 Å². The third-order valence-corrected chi connectivity index (χ3v) is 4.80. The van der Waals surface area contributed by atoms with Gasteiger partial charge in [-0.15, -0.1) is 0 Å². The number of nitrogens with one attached hydrogen (secondary N) is 1. The minimum atomic E-state index is 0.0894. The molecule has 0 saturated heterocycles. The number of unbranched alkanes of at least 4 members (excludes halogenated alkanes) is 3. The molecule has 21 heavy (non-hydrogen) atoms. The van der Waals surface area contributed by atoms with E-state index in [1.807, 2.05) is 0 Å². The summed E-state index contributed by atoms with van der Waals surface area (Å²) in [5.74, 6) is 0.806. The third-order valence-electron chi connectivity index (χ3n) is 4.80. The summed E-state index contributed by atoms with van der Waals surface area (Å²) in [7, 11) is 0. The van der Waals surface area contributed by atoms with Gasteiger partial charge in [0.25, 0.3) is 0 Å². The fourth-order valence-corrected chi connectivity index (χ4v) is 3.66. The molecule has 3 atom stereocenters. The van der Waals surface area contributed by atoms with Crippen molar-refractivity contribution in [1.29, 1.82) is 0 Å². The first-order valence-electron chi connectivity index (χ1n) is 9.38. The molecule has 1 aliphatic rings. The third kappa shape index (κ3) is 7.65. The average molecular weight is 298 g/mol. The second kappa shape index (κ2) is 9.84. The number of rotatable bonds is 10. The predicted octanol–water partition coefficient (Wildman–Crippen LogP) is 5.31. The lowest BCUT2D eigenvalue weighted by molar-refractivity contribution is -0.117. The van der Waals surface area contributed by atoms with Gasteiger partial charge < -0.3 is 10.1 Å². The van der Waals surface area contributed by atoms with Crippen LogP contribution >= 0.6 is 0 Å². The summed E-state index contributed by atoms with van der Waals surface area (Å²) in [6.07, 6.45) is 12.1. The summed E-state index contributed by atoms with van der Waals surface area (Å²) in [4.78, 5) is 0. The standard InChI is InChI=1S/C19H39NO/c1-6-7-8-9-12-18(5)21-19(15-20-16(2)3)13-10-11-17(4)14-19/h16-18,20H,6-15H2,1-5H3. The molecule has 2 heteroatoms. The highest BCUT2D eigenvalue weighted by atomic mass is 16.5. The van der Waals surface area contributed by atoms with Gasteiger partial charge in [-0.3, -0.25) is 0 Å². The van der Waals surface area contributed by atoms with Gasteiger partial charge in [-0.25, -0.2) is 0 Å². The van der Waals surface area contributed by atoms with Crippen LogP contribution in [0.2, 0.25) is 0 Å². The molecule has 1 saturated carbocycles. The van der Waals surface area contributed by atoms with Gasteiger partial charge in [-0.05, 0) is 32.1 Å². The zero-order valence-electron chi connectivity index (χ0n) is 15.2. The molecular weight excluding hydrogens is 258 g/mol. The van der Waals surface area contributed by atoms with E-state index in [-0.39, 0.29) is 5.60 Å². The minimum absolute atomic E-state index is 0.0894. The molecule has 0 spiro atoms. The molecule has 1 aliphatic carbocycles. The maximum Gasteiger partial charge on any atom is 0.0812 e. The summed E-state index contributed by atoms with van der Waals surface area (Å²) in [6.45, 7) is 12.4. The van der Waals surface area contributed by atoms with E-state index >= 15 is 0 Å². The van der Waals surface area contributed by atoms with Crippen molar-refractivity contribution in [3.63, 3.8) is 0 Å². The molecule has 0 aliphatic heterocycles. The van der Waals surface area contributed by atoms with Gasteiger partial charge in [0.15, 0.2) is 0 Å². The topological polar surface area (TPSA) is 21.3 Å². The van der Waals surface area contributed by atoms with Crippen molar-refractivity contribution in [2.24, 2.45) is 5.92 Å². The molecule has 1 fully saturated rings. The van der Waals surface area contributed by atoms with Gasteiger partial charge in [0.1, 0.15) is 0 Å². The number of hydrogen-bond acceptors (Lipinski definition) is 2. The Balaban J connectivity index is 2.47. The normalized spacial score (nSPS) is 28.0. The summed E-state index contributed by atoms with van der Waals surface area (Å²) in [6, 6.07) is 0.544. The SMILES string of the molecule is CCCCCCC(C)OC1(CNC(C)C)CCCC(C)C1. The molecule has 0 amide bonds. The van der Waals surface area contributed by atoms with Gasteiger partial charge in [0, 0.05) is 12.6 Å². The zero-order valence-corrected chi connectivity index (χ0v) is 15.2. The molecule has 1 N–H and O–H groups in total. The smallest absolute Gasteiger partial charge is 0.0812 e. The fourth-order valence-electron chi connectivity index (χ4n) is 3.66. The molecule has 2 nitrogen and oxygen atoms in total. The van der Waals surface area contributed by atoms with Crippen LogP contribution in [0.15, 0.2) is 0 Å². The fraction of sp³-hybridized carbons (Fsp3) is 1.00. The molecule has 0 bridgehead atoms. The lowest BCUT2D eigenvalue weighted by Gasteiger charge is -2.42.